The number of amides is 2. The Balaban J connectivity index is 2.16. The molecule has 0 spiro atoms. The first-order valence-corrected chi connectivity index (χ1v) is 6.39. The summed E-state index contributed by atoms with van der Waals surface area (Å²) in [5.41, 5.74) is 0.511. The number of carbonyl (C=O) groups is 3. The first-order valence-electron chi connectivity index (χ1n) is 6.39. The maximum absolute atomic E-state index is 12.0. The zero-order chi connectivity index (χ0) is 15.0. The molecule has 106 valence electrons. The highest BCUT2D eigenvalue weighted by atomic mass is 16.4. The molecular formula is C14H11N3O4. The molecule has 2 amide bonds. The van der Waals surface area contributed by atoms with Crippen LogP contribution in [-0.4, -0.2) is 33.1 Å². The van der Waals surface area contributed by atoms with Crippen LogP contribution in [-0.2, 0) is 9.59 Å². The van der Waals surface area contributed by atoms with Crippen molar-refractivity contribution in [2.45, 2.75) is 18.8 Å². The van der Waals surface area contributed by atoms with Gasteiger partial charge in [-0.3, -0.25) is 14.9 Å². The molecular weight excluding hydrogens is 274 g/mol. The van der Waals surface area contributed by atoms with Crippen molar-refractivity contribution in [3.05, 3.63) is 35.7 Å². The van der Waals surface area contributed by atoms with E-state index in [0.717, 1.165) is 0 Å². The van der Waals surface area contributed by atoms with Crippen LogP contribution in [0, 0.1) is 0 Å². The Hall–Kier alpha value is -2.83. The van der Waals surface area contributed by atoms with Crippen molar-refractivity contribution >= 4 is 28.6 Å². The number of carbonyl (C=O) groups excluding carboxylic acids is 2. The van der Waals surface area contributed by atoms with Gasteiger partial charge < -0.3 is 5.11 Å². The second kappa shape index (κ2) is 4.93. The number of fused-ring (bicyclic) bond motifs is 1. The smallest absolute Gasteiger partial charge is 0.336 e. The van der Waals surface area contributed by atoms with Gasteiger partial charge in [0, 0.05) is 17.2 Å². The van der Waals surface area contributed by atoms with Crippen LogP contribution in [0.4, 0.5) is 0 Å². The molecule has 1 saturated heterocycles. The third-order valence-electron chi connectivity index (χ3n) is 3.53. The minimum Gasteiger partial charge on any atom is -0.478 e. The van der Waals surface area contributed by atoms with Gasteiger partial charge >= 0.3 is 5.97 Å². The Morgan fingerprint density at radius 1 is 1.29 bits per heavy atom. The Labute approximate surface area is 119 Å². The van der Waals surface area contributed by atoms with Gasteiger partial charge in [0.2, 0.25) is 11.8 Å². The zero-order valence-electron chi connectivity index (χ0n) is 10.9. The average molecular weight is 285 g/mol. The third-order valence-corrected chi connectivity index (χ3v) is 3.53. The largest absolute Gasteiger partial charge is 0.478 e. The van der Waals surface area contributed by atoms with E-state index in [2.05, 4.69) is 15.5 Å². The molecule has 0 bridgehead atoms. The van der Waals surface area contributed by atoms with Crippen molar-refractivity contribution in [1.29, 1.82) is 0 Å². The monoisotopic (exact) mass is 285 g/mol. The molecule has 3 rings (SSSR count). The van der Waals surface area contributed by atoms with Gasteiger partial charge in [0.15, 0.2) is 0 Å². The lowest BCUT2D eigenvalue weighted by atomic mass is 9.91. The molecule has 1 aromatic heterocycles. The molecule has 21 heavy (non-hydrogen) atoms. The summed E-state index contributed by atoms with van der Waals surface area (Å²) >= 11 is 0. The normalized spacial score (nSPS) is 18.6. The highest BCUT2D eigenvalue weighted by Gasteiger charge is 2.31. The molecule has 1 unspecified atom stereocenters. The Morgan fingerprint density at radius 2 is 2.10 bits per heavy atom. The van der Waals surface area contributed by atoms with Gasteiger partial charge in [-0.2, -0.15) is 10.2 Å². The predicted molar refractivity (Wildman–Crippen MR) is 71.6 cm³/mol. The first-order chi connectivity index (χ1) is 10.1. The molecule has 0 saturated carbocycles. The fourth-order valence-corrected chi connectivity index (χ4v) is 2.53. The molecule has 2 heterocycles. The molecule has 2 N–H and O–H groups in total. The third kappa shape index (κ3) is 2.22. The van der Waals surface area contributed by atoms with Gasteiger partial charge in [-0.25, -0.2) is 4.79 Å². The summed E-state index contributed by atoms with van der Waals surface area (Å²) in [7, 11) is 0. The van der Waals surface area contributed by atoms with Crippen molar-refractivity contribution in [3.8, 4) is 0 Å². The van der Waals surface area contributed by atoms with Gasteiger partial charge in [-0.05, 0) is 12.5 Å². The van der Waals surface area contributed by atoms with Crippen LogP contribution >= 0.6 is 0 Å². The van der Waals surface area contributed by atoms with Crippen LogP contribution < -0.4 is 5.32 Å². The number of aromatic carboxylic acids is 1. The molecule has 0 radical (unpaired) electrons. The average Bonchev–Trinajstić information content (AvgIpc) is 2.46. The fraction of sp³-hybridized carbons (Fsp3) is 0.214. The van der Waals surface area contributed by atoms with Crippen LogP contribution in [0.5, 0.6) is 0 Å². The SMILES string of the molecule is O=C1CCC(c2nncc3c(C(=O)O)cccc23)C(=O)N1. The standard InChI is InChI=1S/C14H11N3O4/c18-11-5-4-9(13(19)16-11)12-7-2-1-3-8(14(20)21)10(7)6-15-17-12/h1-3,6,9H,4-5H2,(H,20,21)(H,16,18,19). The van der Waals surface area contributed by atoms with Crippen LogP contribution in [0.15, 0.2) is 24.4 Å². The van der Waals surface area contributed by atoms with Crippen LogP contribution in [0.25, 0.3) is 10.8 Å². The second-order valence-electron chi connectivity index (χ2n) is 4.81. The molecule has 7 nitrogen and oxygen atoms in total. The number of hydrogen-bond acceptors (Lipinski definition) is 5. The van der Waals surface area contributed by atoms with Crippen molar-refractivity contribution in [3.63, 3.8) is 0 Å². The Morgan fingerprint density at radius 3 is 2.81 bits per heavy atom. The maximum Gasteiger partial charge on any atom is 0.336 e. The molecule has 1 aliphatic heterocycles. The molecule has 7 heteroatoms. The van der Waals surface area contributed by atoms with Gasteiger partial charge in [0.05, 0.1) is 23.4 Å². The number of carboxylic acid groups (broad SMARTS) is 1. The van der Waals surface area contributed by atoms with Crippen molar-refractivity contribution in [2.75, 3.05) is 0 Å². The van der Waals surface area contributed by atoms with E-state index in [4.69, 9.17) is 0 Å². The number of benzene rings is 1. The minimum absolute atomic E-state index is 0.107. The van der Waals surface area contributed by atoms with E-state index in [1.807, 2.05) is 0 Å². The van der Waals surface area contributed by atoms with E-state index in [1.165, 1.54) is 12.3 Å². The fourth-order valence-electron chi connectivity index (χ4n) is 2.53. The van der Waals surface area contributed by atoms with Crippen molar-refractivity contribution in [1.82, 2.24) is 15.5 Å². The summed E-state index contributed by atoms with van der Waals surface area (Å²) in [6.07, 6.45) is 1.94. The van der Waals surface area contributed by atoms with Crippen LogP contribution in [0.2, 0.25) is 0 Å². The molecule has 1 atom stereocenters. The highest BCUT2D eigenvalue weighted by molar-refractivity contribution is 6.06. The summed E-state index contributed by atoms with van der Waals surface area (Å²) in [6, 6.07) is 4.78. The number of nitrogens with one attached hydrogen (secondary N) is 1. The Kier molecular flexibility index (Phi) is 3.09. The minimum atomic E-state index is -1.07. The van der Waals surface area contributed by atoms with Crippen LogP contribution in [0.1, 0.15) is 34.8 Å². The summed E-state index contributed by atoms with van der Waals surface area (Å²) < 4.78 is 0. The van der Waals surface area contributed by atoms with Gasteiger partial charge in [-0.1, -0.05) is 12.1 Å². The van der Waals surface area contributed by atoms with E-state index in [1.54, 1.807) is 12.1 Å². The van der Waals surface area contributed by atoms with Gasteiger partial charge in [0.25, 0.3) is 0 Å². The summed E-state index contributed by atoms with van der Waals surface area (Å²) in [5, 5.41) is 20.3. The lowest BCUT2D eigenvalue weighted by Crippen LogP contribution is -2.39. The summed E-state index contributed by atoms with van der Waals surface area (Å²) in [5.74, 6) is -2.39. The highest BCUT2D eigenvalue weighted by Crippen LogP contribution is 2.29. The molecule has 1 fully saturated rings. The number of aromatic nitrogens is 2. The predicted octanol–water partition coefficient (Wildman–Crippen LogP) is 0.848. The number of hydrogen-bond donors (Lipinski definition) is 2. The van der Waals surface area contributed by atoms with Crippen molar-refractivity contribution in [2.24, 2.45) is 0 Å². The van der Waals surface area contributed by atoms with Gasteiger partial charge in [-0.15, -0.1) is 0 Å². The summed E-state index contributed by atoms with van der Waals surface area (Å²) in [6.45, 7) is 0. The number of nitrogens with zero attached hydrogens (tertiary/aromatic N) is 2. The van der Waals surface area contributed by atoms with E-state index in [0.29, 0.717) is 22.9 Å². The lowest BCUT2D eigenvalue weighted by molar-refractivity contribution is -0.134. The Bertz CT molecular complexity index is 772. The van der Waals surface area contributed by atoms with Crippen molar-refractivity contribution < 1.29 is 19.5 Å². The molecule has 0 aliphatic carbocycles. The molecule has 1 aliphatic rings. The second-order valence-corrected chi connectivity index (χ2v) is 4.81. The zero-order valence-corrected chi connectivity index (χ0v) is 10.9. The maximum atomic E-state index is 12.0. The number of piperidine rings is 1. The van der Waals surface area contributed by atoms with Crippen LogP contribution in [0.3, 0.4) is 0 Å². The number of rotatable bonds is 2. The lowest BCUT2D eigenvalue weighted by Gasteiger charge is -2.21. The van der Waals surface area contributed by atoms with E-state index < -0.39 is 17.8 Å². The topological polar surface area (TPSA) is 109 Å². The quantitative estimate of drug-likeness (QED) is 0.792. The first kappa shape index (κ1) is 13.2. The number of imide groups is 1. The van der Waals surface area contributed by atoms with E-state index >= 15 is 0 Å². The van der Waals surface area contributed by atoms with E-state index in [-0.39, 0.29) is 17.9 Å². The molecule has 2 aromatic rings. The van der Waals surface area contributed by atoms with Gasteiger partial charge in [0.1, 0.15) is 0 Å². The number of carboxylic acids is 1. The van der Waals surface area contributed by atoms with E-state index in [9.17, 15) is 19.5 Å². The molecule has 1 aromatic carbocycles. The summed E-state index contributed by atoms with van der Waals surface area (Å²) in [4.78, 5) is 34.4.